The lowest BCUT2D eigenvalue weighted by molar-refractivity contribution is -0.135. The lowest BCUT2D eigenvalue weighted by Crippen LogP contribution is -2.27. The molecule has 1 aromatic carbocycles. The van der Waals surface area contributed by atoms with E-state index in [0.717, 1.165) is 38.5 Å². The molecule has 0 aliphatic carbocycles. The van der Waals surface area contributed by atoms with Gasteiger partial charge in [-0.05, 0) is 37.5 Å². The van der Waals surface area contributed by atoms with Gasteiger partial charge in [0.25, 0.3) is 0 Å². The molecule has 0 radical (unpaired) electrons. The van der Waals surface area contributed by atoms with Crippen molar-refractivity contribution in [2.45, 2.75) is 231 Å². The SMILES string of the molecule is CCCCCCCCCCCCCCCC(=O)Oc1cc2c(c(OC(=O)CCCCCCCCCCCCCCC)c1)C(=O)O[C@H](C)C[C@H](O)C(Cl)/C=C\C=C\C(=O)C2. The normalized spacial score (nSPS) is 18.4. The Morgan fingerprint density at radius 3 is 1.58 bits per heavy atom. The maximum atomic E-state index is 13.8. The van der Waals surface area contributed by atoms with Crippen LogP contribution in [0.5, 0.6) is 11.5 Å². The molecule has 1 aliphatic rings. The smallest absolute Gasteiger partial charge is 0.342 e. The molecule has 8 nitrogen and oxygen atoms in total. The van der Waals surface area contributed by atoms with Gasteiger partial charge in [-0.3, -0.25) is 14.4 Å². The summed E-state index contributed by atoms with van der Waals surface area (Å²) in [7, 11) is 0. The number of carbonyl (C=O) groups excluding carboxylic acids is 4. The van der Waals surface area contributed by atoms with Crippen molar-refractivity contribution in [2.24, 2.45) is 0 Å². The highest BCUT2D eigenvalue weighted by atomic mass is 35.5. The van der Waals surface area contributed by atoms with Crippen LogP contribution in [-0.4, -0.2) is 46.4 Å². The minimum Gasteiger partial charge on any atom is -0.459 e. The van der Waals surface area contributed by atoms with Crippen molar-refractivity contribution in [3.05, 3.63) is 47.6 Å². The Morgan fingerprint density at radius 1 is 0.661 bits per heavy atom. The predicted molar refractivity (Wildman–Crippen MR) is 240 cm³/mol. The zero-order valence-corrected chi connectivity index (χ0v) is 37.8. The van der Waals surface area contributed by atoms with Gasteiger partial charge in [0, 0.05) is 31.7 Å². The molecule has 0 fully saturated rings. The molecule has 334 valence electrons. The second-order valence-electron chi connectivity index (χ2n) is 16.7. The van der Waals surface area contributed by atoms with E-state index in [4.69, 9.17) is 25.8 Å². The molecule has 0 amide bonds. The van der Waals surface area contributed by atoms with Crippen LogP contribution in [0.4, 0.5) is 0 Å². The number of aliphatic hydroxyl groups is 1. The van der Waals surface area contributed by atoms with Crippen LogP contribution in [-0.2, 0) is 25.5 Å². The van der Waals surface area contributed by atoms with E-state index in [1.807, 2.05) is 0 Å². The van der Waals surface area contributed by atoms with Gasteiger partial charge in [0.1, 0.15) is 23.2 Å². The Balaban J connectivity index is 2.04. The van der Waals surface area contributed by atoms with E-state index in [1.165, 1.54) is 140 Å². The van der Waals surface area contributed by atoms with Gasteiger partial charge in [-0.15, -0.1) is 11.6 Å². The Hall–Kier alpha value is -2.97. The summed E-state index contributed by atoms with van der Waals surface area (Å²) in [4.78, 5) is 53.2. The molecule has 9 heteroatoms. The summed E-state index contributed by atoms with van der Waals surface area (Å²) in [6.45, 7) is 6.12. The van der Waals surface area contributed by atoms with E-state index in [1.54, 1.807) is 19.1 Å². The Labute approximate surface area is 362 Å². The maximum Gasteiger partial charge on any atom is 0.342 e. The molecular weight excluding hydrogens is 764 g/mol. The number of allylic oxidation sites excluding steroid dienone is 3. The number of hydrogen-bond acceptors (Lipinski definition) is 8. The van der Waals surface area contributed by atoms with Crippen molar-refractivity contribution in [2.75, 3.05) is 0 Å². The third-order valence-electron chi connectivity index (χ3n) is 11.1. The number of cyclic esters (lactones) is 1. The number of hydrogen-bond donors (Lipinski definition) is 1. The summed E-state index contributed by atoms with van der Waals surface area (Å²) in [5.74, 6) is -2.16. The van der Waals surface area contributed by atoms with Gasteiger partial charge < -0.3 is 19.3 Å². The number of ether oxygens (including phenoxy) is 3. The van der Waals surface area contributed by atoms with E-state index in [-0.39, 0.29) is 54.1 Å². The van der Waals surface area contributed by atoms with Crippen molar-refractivity contribution >= 4 is 35.3 Å². The van der Waals surface area contributed by atoms with Crippen molar-refractivity contribution in [3.8, 4) is 11.5 Å². The standard InChI is InChI=1S/C50H79ClO8/c1-4-6-8-10-12-14-16-18-20-22-24-26-28-34-47(54)58-43-38-41-37-42(52)32-30-31-33-44(51)45(53)36-40(3)57-50(56)49(41)46(39-43)59-48(55)35-29-27-25-23-21-19-17-15-13-11-9-7-5-2/h30-33,38-40,44-45,53H,4-29,34-37H2,1-3H3/b32-30+,33-31-/t40-,44?,45+/m1/s1. The zero-order chi connectivity index (χ0) is 42.9. The number of halogens is 1. The first-order valence-electron chi connectivity index (χ1n) is 23.6. The summed E-state index contributed by atoms with van der Waals surface area (Å²) in [5, 5.41) is 9.83. The fourth-order valence-electron chi connectivity index (χ4n) is 7.55. The van der Waals surface area contributed by atoms with Crippen molar-refractivity contribution in [1.82, 2.24) is 0 Å². The summed E-state index contributed by atoms with van der Waals surface area (Å²) >= 11 is 6.31. The summed E-state index contributed by atoms with van der Waals surface area (Å²) in [6.07, 6.45) is 35.4. The van der Waals surface area contributed by atoms with Crippen molar-refractivity contribution in [3.63, 3.8) is 0 Å². The Bertz CT molecular complexity index is 1390. The number of alkyl halides is 1. The van der Waals surface area contributed by atoms with Gasteiger partial charge in [-0.25, -0.2) is 4.79 Å². The molecule has 3 atom stereocenters. The number of ketones is 1. The van der Waals surface area contributed by atoms with Crippen LogP contribution in [0.2, 0.25) is 0 Å². The first-order valence-corrected chi connectivity index (χ1v) is 24.1. The highest BCUT2D eigenvalue weighted by Gasteiger charge is 2.28. The minimum absolute atomic E-state index is 0.0608. The summed E-state index contributed by atoms with van der Waals surface area (Å²) in [6, 6.07) is 2.84. The van der Waals surface area contributed by atoms with Gasteiger partial charge in [-0.2, -0.15) is 0 Å². The maximum absolute atomic E-state index is 13.8. The lowest BCUT2D eigenvalue weighted by atomic mass is 9.99. The summed E-state index contributed by atoms with van der Waals surface area (Å²) in [5.41, 5.74) is 0.127. The second kappa shape index (κ2) is 33.7. The van der Waals surface area contributed by atoms with Gasteiger partial charge in [0.05, 0.1) is 11.5 Å². The van der Waals surface area contributed by atoms with Crippen molar-refractivity contribution < 1.29 is 38.5 Å². The third-order valence-corrected chi connectivity index (χ3v) is 11.5. The largest absolute Gasteiger partial charge is 0.459 e. The van der Waals surface area contributed by atoms with E-state index < -0.39 is 35.5 Å². The van der Waals surface area contributed by atoms with Gasteiger partial charge in [0.15, 0.2) is 5.78 Å². The zero-order valence-electron chi connectivity index (χ0n) is 37.1. The second-order valence-corrected chi connectivity index (χ2v) is 17.2. The number of rotatable bonds is 30. The molecule has 1 aromatic rings. The Morgan fingerprint density at radius 2 is 1.10 bits per heavy atom. The molecule has 59 heavy (non-hydrogen) atoms. The molecule has 0 spiro atoms. The molecule has 1 heterocycles. The minimum atomic E-state index is -1.02. The van der Waals surface area contributed by atoms with Crippen LogP contribution in [0.3, 0.4) is 0 Å². The molecule has 0 saturated heterocycles. The monoisotopic (exact) mass is 843 g/mol. The molecule has 1 N–H and O–H groups in total. The van der Waals surface area contributed by atoms with E-state index in [2.05, 4.69) is 13.8 Å². The number of esters is 3. The predicted octanol–water partition coefficient (Wildman–Crippen LogP) is 13.6. The molecular formula is C50H79ClO8. The van der Waals surface area contributed by atoms with Gasteiger partial charge >= 0.3 is 17.9 Å². The van der Waals surface area contributed by atoms with Gasteiger partial charge in [0.2, 0.25) is 0 Å². The van der Waals surface area contributed by atoms with Crippen LogP contribution in [0.1, 0.15) is 223 Å². The van der Waals surface area contributed by atoms with Crippen molar-refractivity contribution in [1.29, 1.82) is 0 Å². The van der Waals surface area contributed by atoms with E-state index in [0.29, 0.717) is 12.8 Å². The first kappa shape index (κ1) is 52.2. The van der Waals surface area contributed by atoms with Crippen LogP contribution >= 0.6 is 11.6 Å². The fourth-order valence-corrected chi connectivity index (χ4v) is 7.74. The molecule has 0 bridgehead atoms. The number of benzene rings is 1. The quantitative estimate of drug-likeness (QED) is 0.0352. The van der Waals surface area contributed by atoms with Crippen LogP contribution in [0, 0.1) is 0 Å². The lowest BCUT2D eigenvalue weighted by Gasteiger charge is -2.21. The number of carbonyl (C=O) groups is 4. The number of unbranched alkanes of at least 4 members (excludes halogenated alkanes) is 24. The first-order chi connectivity index (χ1) is 28.6. The Kier molecular flexibility index (Phi) is 29.8. The van der Waals surface area contributed by atoms with E-state index >= 15 is 0 Å². The molecule has 2 rings (SSSR count). The topological polar surface area (TPSA) is 116 Å². The number of aliphatic hydroxyl groups excluding tert-OH is 1. The molecule has 1 unspecified atom stereocenters. The van der Waals surface area contributed by atoms with E-state index in [9.17, 15) is 24.3 Å². The molecule has 0 aromatic heterocycles. The van der Waals surface area contributed by atoms with Crippen LogP contribution in [0.15, 0.2) is 36.4 Å². The molecule has 0 saturated carbocycles. The number of fused-ring (bicyclic) bond motifs is 1. The average Bonchev–Trinajstić information content (AvgIpc) is 3.19. The highest BCUT2D eigenvalue weighted by Crippen LogP contribution is 2.32. The third kappa shape index (κ3) is 25.4. The van der Waals surface area contributed by atoms with Crippen LogP contribution in [0.25, 0.3) is 0 Å². The van der Waals surface area contributed by atoms with Gasteiger partial charge in [-0.1, -0.05) is 186 Å². The summed E-state index contributed by atoms with van der Waals surface area (Å²) < 4.78 is 17.3. The molecule has 1 aliphatic heterocycles. The highest BCUT2D eigenvalue weighted by molar-refractivity contribution is 6.22. The average molecular weight is 844 g/mol. The fraction of sp³-hybridized carbons (Fsp3) is 0.720. The van der Waals surface area contributed by atoms with Crippen LogP contribution < -0.4 is 9.47 Å².